The normalized spacial score (nSPS) is 10.9. The first-order valence-corrected chi connectivity index (χ1v) is 11.9. The van der Waals surface area contributed by atoms with Gasteiger partial charge in [0, 0.05) is 28.4 Å². The highest BCUT2D eigenvalue weighted by molar-refractivity contribution is 7.99. The second-order valence-electron chi connectivity index (χ2n) is 7.15. The van der Waals surface area contributed by atoms with E-state index in [2.05, 4.69) is 47.6 Å². The average molecular weight is 467 g/mol. The summed E-state index contributed by atoms with van der Waals surface area (Å²) in [6.07, 6.45) is 0.311. The Morgan fingerprint density at radius 2 is 1.90 bits per heavy atom. The smallest absolute Gasteiger partial charge is 0.226 e. The Kier molecular flexibility index (Phi) is 6.70. The number of carbonyl (C=O) groups is 1. The average Bonchev–Trinajstić information content (AvgIpc) is 3.40. The van der Waals surface area contributed by atoms with Crippen molar-refractivity contribution >= 4 is 46.9 Å². The summed E-state index contributed by atoms with van der Waals surface area (Å²) >= 11 is 8.63. The summed E-state index contributed by atoms with van der Waals surface area (Å²) in [5.74, 6) is 0.704. The summed E-state index contributed by atoms with van der Waals surface area (Å²) in [5.41, 5.74) is 3.36. The van der Waals surface area contributed by atoms with Crippen LogP contribution in [0.5, 0.6) is 0 Å². The van der Waals surface area contributed by atoms with Crippen LogP contribution in [0.3, 0.4) is 0 Å². The summed E-state index contributed by atoms with van der Waals surface area (Å²) < 4.78 is 2.38. The molecule has 4 rings (SSSR count). The van der Waals surface area contributed by atoms with Crippen LogP contribution in [0.2, 0.25) is 0 Å². The Balaban J connectivity index is 1.35. The molecule has 8 heteroatoms. The maximum atomic E-state index is 12.5. The molecule has 5 nitrogen and oxygen atoms in total. The number of anilines is 1. The lowest BCUT2D eigenvalue weighted by Crippen LogP contribution is -2.15. The van der Waals surface area contributed by atoms with Gasteiger partial charge in [0.05, 0.1) is 4.88 Å². The summed E-state index contributed by atoms with van der Waals surface area (Å²) in [5, 5.41) is 12.1. The number of carbonyl (C=O) groups excluding carboxylic acids is 1. The Morgan fingerprint density at radius 1 is 1.13 bits per heavy atom. The van der Waals surface area contributed by atoms with Crippen molar-refractivity contribution in [3.05, 3.63) is 75.9 Å². The number of rotatable bonds is 7. The topological polar surface area (TPSA) is 62.7 Å². The fourth-order valence-corrected chi connectivity index (χ4v) is 4.94. The van der Waals surface area contributed by atoms with Crippen molar-refractivity contribution in [3.8, 4) is 10.7 Å². The number of hydrogen-bond acceptors (Lipinski definition) is 5. The van der Waals surface area contributed by atoms with E-state index in [0.29, 0.717) is 17.7 Å². The summed E-state index contributed by atoms with van der Waals surface area (Å²) in [6, 6.07) is 18.3. The van der Waals surface area contributed by atoms with Gasteiger partial charge in [0.15, 0.2) is 10.6 Å². The Bertz CT molecular complexity index is 1240. The second-order valence-corrected chi connectivity index (χ2v) is 9.63. The minimum atomic E-state index is -0.0604. The van der Waals surface area contributed by atoms with Crippen molar-refractivity contribution in [3.63, 3.8) is 0 Å². The lowest BCUT2D eigenvalue weighted by Gasteiger charge is -2.09. The minimum Gasteiger partial charge on any atom is -0.326 e. The molecule has 0 spiro atoms. The van der Waals surface area contributed by atoms with Gasteiger partial charge in [-0.25, -0.2) is 0 Å². The van der Waals surface area contributed by atoms with Gasteiger partial charge in [0.1, 0.15) is 0 Å². The lowest BCUT2D eigenvalue weighted by atomic mass is 10.1. The zero-order chi connectivity index (χ0) is 21.8. The zero-order valence-electron chi connectivity index (χ0n) is 17.2. The maximum absolute atomic E-state index is 12.5. The van der Waals surface area contributed by atoms with Crippen LogP contribution in [0.25, 0.3) is 10.7 Å². The zero-order valence-corrected chi connectivity index (χ0v) is 19.7. The molecule has 4 aromatic rings. The number of amides is 1. The highest BCUT2D eigenvalue weighted by Crippen LogP contribution is 2.30. The molecule has 2 N–H and O–H groups in total. The quantitative estimate of drug-likeness (QED) is 0.307. The molecule has 0 aliphatic carbocycles. The van der Waals surface area contributed by atoms with Gasteiger partial charge in [-0.2, -0.15) is 5.10 Å². The highest BCUT2D eigenvalue weighted by Gasteiger charge is 2.11. The molecule has 0 aliphatic rings. The number of benzene rings is 2. The predicted octanol–water partition coefficient (Wildman–Crippen LogP) is 6.47. The molecule has 0 saturated carbocycles. The number of H-pyrrole nitrogens is 1. The molecule has 2 heterocycles. The summed E-state index contributed by atoms with van der Waals surface area (Å²) in [7, 11) is 0. The largest absolute Gasteiger partial charge is 0.326 e. The van der Waals surface area contributed by atoms with Gasteiger partial charge < -0.3 is 5.32 Å². The number of aromatic nitrogens is 3. The molecule has 31 heavy (non-hydrogen) atoms. The first-order chi connectivity index (χ1) is 15.0. The van der Waals surface area contributed by atoms with Crippen LogP contribution in [0.15, 0.2) is 69.8 Å². The van der Waals surface area contributed by atoms with E-state index in [9.17, 15) is 4.79 Å². The van der Waals surface area contributed by atoms with E-state index in [1.165, 1.54) is 16.0 Å². The highest BCUT2D eigenvalue weighted by atomic mass is 32.2. The number of aryl methyl sites for hydroxylation is 2. The van der Waals surface area contributed by atoms with E-state index < -0.39 is 0 Å². The molecule has 0 aliphatic heterocycles. The van der Waals surface area contributed by atoms with E-state index in [1.54, 1.807) is 23.1 Å². The van der Waals surface area contributed by atoms with E-state index in [1.807, 2.05) is 46.3 Å². The molecule has 1 amide bonds. The number of thiophene rings is 1. The van der Waals surface area contributed by atoms with Crippen molar-refractivity contribution < 1.29 is 4.79 Å². The fraction of sp³-hybridized carbons (Fsp3) is 0.174. The van der Waals surface area contributed by atoms with Gasteiger partial charge >= 0.3 is 0 Å². The van der Waals surface area contributed by atoms with Gasteiger partial charge in [-0.1, -0.05) is 23.9 Å². The third-order valence-corrected chi connectivity index (χ3v) is 7.09. The SMILES string of the molecule is Cc1ccc(Sc2ccc(NC(=O)CCn3c(-c4cccs4)n[nH]c3=S)cc2)cc1C. The molecule has 0 unspecified atom stereocenters. The van der Waals surface area contributed by atoms with Crippen LogP contribution in [-0.4, -0.2) is 20.7 Å². The van der Waals surface area contributed by atoms with Crippen LogP contribution >= 0.6 is 35.3 Å². The third-order valence-electron chi connectivity index (χ3n) is 4.91. The lowest BCUT2D eigenvalue weighted by molar-refractivity contribution is -0.116. The molecule has 0 atom stereocenters. The molecule has 2 aromatic heterocycles. The Labute approximate surface area is 194 Å². The Morgan fingerprint density at radius 3 is 2.61 bits per heavy atom. The number of aromatic amines is 1. The monoisotopic (exact) mass is 466 g/mol. The molecular formula is C23H22N4OS3. The van der Waals surface area contributed by atoms with Crippen LogP contribution < -0.4 is 5.32 Å². The van der Waals surface area contributed by atoms with Gasteiger partial charge in [-0.3, -0.25) is 14.5 Å². The minimum absolute atomic E-state index is 0.0604. The fourth-order valence-electron chi connectivity index (χ4n) is 3.08. The second kappa shape index (κ2) is 9.64. The summed E-state index contributed by atoms with van der Waals surface area (Å²) in [4.78, 5) is 15.8. The molecule has 0 bridgehead atoms. The standard InChI is InChI=1S/C23H22N4OS3/c1-15-5-8-19(14-16(15)2)31-18-9-6-17(7-10-18)24-21(28)11-12-27-22(25-26-23(27)29)20-4-3-13-30-20/h3-10,13-14H,11-12H2,1-2H3,(H,24,28)(H,26,29). The number of hydrogen-bond donors (Lipinski definition) is 2. The van der Waals surface area contributed by atoms with E-state index in [0.717, 1.165) is 21.3 Å². The molecule has 158 valence electrons. The van der Waals surface area contributed by atoms with Gasteiger partial charge in [-0.05, 0) is 85.0 Å². The van der Waals surface area contributed by atoms with Crippen LogP contribution in [0.4, 0.5) is 5.69 Å². The maximum Gasteiger partial charge on any atom is 0.226 e. The van der Waals surface area contributed by atoms with Crippen molar-refractivity contribution in [1.82, 2.24) is 14.8 Å². The van der Waals surface area contributed by atoms with Crippen molar-refractivity contribution in [1.29, 1.82) is 0 Å². The third kappa shape index (κ3) is 5.33. The van der Waals surface area contributed by atoms with Crippen LogP contribution in [0.1, 0.15) is 17.5 Å². The van der Waals surface area contributed by atoms with E-state index >= 15 is 0 Å². The predicted molar refractivity (Wildman–Crippen MR) is 130 cm³/mol. The van der Waals surface area contributed by atoms with Gasteiger partial charge in [0.2, 0.25) is 5.91 Å². The van der Waals surface area contributed by atoms with E-state index in [-0.39, 0.29) is 5.91 Å². The molecule has 0 saturated heterocycles. The van der Waals surface area contributed by atoms with Crippen molar-refractivity contribution in [2.24, 2.45) is 0 Å². The first-order valence-electron chi connectivity index (χ1n) is 9.84. The number of nitrogens with one attached hydrogen (secondary N) is 2. The Hall–Kier alpha value is -2.68. The number of nitrogens with zero attached hydrogens (tertiary/aromatic N) is 2. The van der Waals surface area contributed by atoms with E-state index in [4.69, 9.17) is 12.2 Å². The van der Waals surface area contributed by atoms with Gasteiger partial charge in [0.25, 0.3) is 0 Å². The molecule has 0 radical (unpaired) electrons. The molecule has 0 fully saturated rings. The summed E-state index contributed by atoms with van der Waals surface area (Å²) in [6.45, 7) is 4.71. The first kappa shape index (κ1) is 21.5. The van der Waals surface area contributed by atoms with Crippen LogP contribution in [0, 0.1) is 18.6 Å². The van der Waals surface area contributed by atoms with Crippen LogP contribution in [-0.2, 0) is 11.3 Å². The van der Waals surface area contributed by atoms with Crippen molar-refractivity contribution in [2.45, 2.75) is 36.6 Å². The van der Waals surface area contributed by atoms with Crippen molar-refractivity contribution in [2.75, 3.05) is 5.32 Å². The van der Waals surface area contributed by atoms with Gasteiger partial charge in [-0.15, -0.1) is 11.3 Å². The molecular weight excluding hydrogens is 444 g/mol. The molecule has 2 aromatic carbocycles.